The van der Waals surface area contributed by atoms with Crippen molar-refractivity contribution in [1.29, 1.82) is 0 Å². The molecule has 5 atom stereocenters. The summed E-state index contributed by atoms with van der Waals surface area (Å²) in [7, 11) is 1.64. The third-order valence-electron chi connectivity index (χ3n) is 5.47. The first-order valence-electron chi connectivity index (χ1n) is 9.36. The molecule has 5 heteroatoms. The summed E-state index contributed by atoms with van der Waals surface area (Å²) >= 11 is 0. The van der Waals surface area contributed by atoms with E-state index in [1.165, 1.54) is 12.8 Å². The minimum atomic E-state index is -0.433. The van der Waals surface area contributed by atoms with Crippen LogP contribution in [-0.2, 0) is 4.84 Å². The number of nitrogens with one attached hydrogen (secondary N) is 1. The molecule has 2 unspecified atom stereocenters. The van der Waals surface area contributed by atoms with Crippen molar-refractivity contribution in [2.75, 3.05) is 33.4 Å². The lowest BCUT2D eigenvalue weighted by Gasteiger charge is -2.21. The van der Waals surface area contributed by atoms with Gasteiger partial charge in [-0.05, 0) is 42.9 Å². The molecular formula is C18H38N2O3. The van der Waals surface area contributed by atoms with Crippen molar-refractivity contribution in [2.45, 2.75) is 59.1 Å². The van der Waals surface area contributed by atoms with Gasteiger partial charge in [-0.25, -0.2) is 0 Å². The Kier molecular flexibility index (Phi) is 10.3. The van der Waals surface area contributed by atoms with E-state index in [4.69, 9.17) is 9.94 Å². The van der Waals surface area contributed by atoms with Gasteiger partial charge in [-0.15, -0.1) is 0 Å². The van der Waals surface area contributed by atoms with Crippen LogP contribution in [0.15, 0.2) is 0 Å². The molecule has 23 heavy (non-hydrogen) atoms. The van der Waals surface area contributed by atoms with Crippen LogP contribution in [0.2, 0.25) is 0 Å². The smallest absolute Gasteiger partial charge is 0.104 e. The van der Waals surface area contributed by atoms with Gasteiger partial charge in [-0.1, -0.05) is 33.6 Å². The molecule has 0 radical (unpaired) electrons. The van der Waals surface area contributed by atoms with Crippen molar-refractivity contribution in [3.63, 3.8) is 0 Å². The maximum absolute atomic E-state index is 10.0. The van der Waals surface area contributed by atoms with Crippen molar-refractivity contribution < 1.29 is 15.1 Å². The van der Waals surface area contributed by atoms with Crippen LogP contribution in [0.5, 0.6) is 0 Å². The first-order chi connectivity index (χ1) is 11.0. The molecule has 0 aromatic heterocycles. The number of hydrogen-bond acceptors (Lipinski definition) is 5. The molecule has 1 aliphatic carbocycles. The Bertz CT molecular complexity index is 304. The Hall–Kier alpha value is -0.200. The molecule has 0 amide bonds. The standard InChI is InChI=1S/C18H38N2O3/c1-5-16-15(3)18(16)14(2)8-6-9-17(22)19-10-12-20(23-4)11-7-13-21/h14-19,21-22H,5-13H2,1-4H3/t14?,15-,16?,17+,18+/m1/s1. The van der Waals surface area contributed by atoms with Crippen LogP contribution in [0, 0.1) is 23.7 Å². The van der Waals surface area contributed by atoms with Gasteiger partial charge in [-0.2, -0.15) is 5.06 Å². The fraction of sp³-hybridized carbons (Fsp3) is 1.00. The van der Waals surface area contributed by atoms with E-state index in [1.54, 1.807) is 12.2 Å². The number of rotatable bonds is 14. The van der Waals surface area contributed by atoms with Crippen LogP contribution in [0.1, 0.15) is 52.9 Å². The van der Waals surface area contributed by atoms with Crippen LogP contribution in [0.3, 0.4) is 0 Å². The molecule has 138 valence electrons. The highest BCUT2D eigenvalue weighted by Crippen LogP contribution is 2.53. The zero-order valence-electron chi connectivity index (χ0n) is 15.5. The first-order valence-corrected chi connectivity index (χ1v) is 9.36. The molecule has 1 fully saturated rings. The quantitative estimate of drug-likeness (QED) is 0.337. The van der Waals surface area contributed by atoms with Gasteiger partial charge in [-0.3, -0.25) is 5.32 Å². The molecule has 1 saturated carbocycles. The second-order valence-corrected chi connectivity index (χ2v) is 7.08. The summed E-state index contributed by atoms with van der Waals surface area (Å²) in [6, 6.07) is 0. The molecule has 1 aliphatic rings. The van der Waals surface area contributed by atoms with Crippen LogP contribution in [-0.4, -0.2) is 54.9 Å². The largest absolute Gasteiger partial charge is 0.396 e. The first kappa shape index (κ1) is 20.8. The fourth-order valence-corrected chi connectivity index (χ4v) is 3.99. The van der Waals surface area contributed by atoms with E-state index in [9.17, 15) is 5.11 Å². The summed E-state index contributed by atoms with van der Waals surface area (Å²) < 4.78 is 0. The summed E-state index contributed by atoms with van der Waals surface area (Å²) in [6.07, 6.45) is 4.68. The van der Waals surface area contributed by atoms with E-state index in [2.05, 4.69) is 26.1 Å². The van der Waals surface area contributed by atoms with Gasteiger partial charge in [0.05, 0.1) is 7.11 Å². The van der Waals surface area contributed by atoms with Gasteiger partial charge in [0.1, 0.15) is 6.23 Å². The molecular weight excluding hydrogens is 292 g/mol. The summed E-state index contributed by atoms with van der Waals surface area (Å²) in [5.74, 6) is 3.53. The maximum atomic E-state index is 10.0. The number of hydroxylamine groups is 2. The number of nitrogens with zero attached hydrogens (tertiary/aromatic N) is 1. The second kappa shape index (κ2) is 11.4. The molecule has 0 aromatic rings. The van der Waals surface area contributed by atoms with Crippen LogP contribution in [0.25, 0.3) is 0 Å². The lowest BCUT2D eigenvalue weighted by molar-refractivity contribution is -0.132. The highest BCUT2D eigenvalue weighted by atomic mass is 16.7. The van der Waals surface area contributed by atoms with Gasteiger partial charge < -0.3 is 15.1 Å². The van der Waals surface area contributed by atoms with Gasteiger partial charge in [0, 0.05) is 26.2 Å². The van der Waals surface area contributed by atoms with Gasteiger partial charge in [0.25, 0.3) is 0 Å². The van der Waals surface area contributed by atoms with Crippen molar-refractivity contribution in [1.82, 2.24) is 10.4 Å². The molecule has 0 saturated heterocycles. The zero-order valence-corrected chi connectivity index (χ0v) is 15.5. The van der Waals surface area contributed by atoms with Crippen LogP contribution < -0.4 is 5.32 Å². The Morgan fingerprint density at radius 1 is 1.22 bits per heavy atom. The number of aliphatic hydroxyl groups is 2. The molecule has 0 heterocycles. The number of aliphatic hydroxyl groups excluding tert-OH is 2. The SMILES string of the molecule is CCC1[C@@H](C(C)CCC[C@H](O)NCCN(CCCO)OC)[C@@H]1C. The van der Waals surface area contributed by atoms with Crippen molar-refractivity contribution >= 4 is 0 Å². The van der Waals surface area contributed by atoms with Gasteiger partial charge in [0.2, 0.25) is 0 Å². The van der Waals surface area contributed by atoms with E-state index in [-0.39, 0.29) is 6.61 Å². The highest BCUT2D eigenvalue weighted by molar-refractivity contribution is 4.95. The molecule has 5 nitrogen and oxygen atoms in total. The fourth-order valence-electron chi connectivity index (χ4n) is 3.99. The number of hydrogen-bond donors (Lipinski definition) is 3. The van der Waals surface area contributed by atoms with E-state index in [0.717, 1.165) is 36.5 Å². The third-order valence-corrected chi connectivity index (χ3v) is 5.47. The molecule has 0 spiro atoms. The van der Waals surface area contributed by atoms with Gasteiger partial charge >= 0.3 is 0 Å². The van der Waals surface area contributed by atoms with E-state index in [1.807, 2.05) is 0 Å². The highest BCUT2D eigenvalue weighted by Gasteiger charge is 2.47. The van der Waals surface area contributed by atoms with Crippen molar-refractivity contribution in [3.8, 4) is 0 Å². The zero-order chi connectivity index (χ0) is 17.2. The predicted octanol–water partition coefficient (Wildman–Crippen LogP) is 2.24. The van der Waals surface area contributed by atoms with E-state index < -0.39 is 6.23 Å². The second-order valence-electron chi connectivity index (χ2n) is 7.08. The normalized spacial score (nSPS) is 26.5. The van der Waals surface area contributed by atoms with E-state index >= 15 is 0 Å². The Morgan fingerprint density at radius 3 is 2.52 bits per heavy atom. The molecule has 3 N–H and O–H groups in total. The lowest BCUT2D eigenvalue weighted by Crippen LogP contribution is -2.37. The monoisotopic (exact) mass is 330 g/mol. The minimum Gasteiger partial charge on any atom is -0.396 e. The summed E-state index contributed by atoms with van der Waals surface area (Å²) in [6.45, 7) is 9.33. The molecule has 0 aliphatic heterocycles. The van der Waals surface area contributed by atoms with Crippen molar-refractivity contribution in [2.24, 2.45) is 23.7 Å². The molecule has 1 rings (SSSR count). The van der Waals surface area contributed by atoms with Crippen LogP contribution >= 0.6 is 0 Å². The average molecular weight is 331 g/mol. The van der Waals surface area contributed by atoms with E-state index in [0.29, 0.717) is 26.1 Å². The third kappa shape index (κ3) is 7.48. The molecule has 0 aromatic carbocycles. The summed E-state index contributed by atoms with van der Waals surface area (Å²) in [5.41, 5.74) is 0. The summed E-state index contributed by atoms with van der Waals surface area (Å²) in [4.78, 5) is 5.21. The minimum absolute atomic E-state index is 0.173. The molecule has 0 bridgehead atoms. The summed E-state index contributed by atoms with van der Waals surface area (Å²) in [5, 5.41) is 23.8. The maximum Gasteiger partial charge on any atom is 0.104 e. The average Bonchev–Trinajstić information content (AvgIpc) is 3.20. The lowest BCUT2D eigenvalue weighted by atomic mass is 9.96. The Labute approximate surface area is 142 Å². The predicted molar refractivity (Wildman–Crippen MR) is 93.7 cm³/mol. The van der Waals surface area contributed by atoms with Crippen molar-refractivity contribution in [3.05, 3.63) is 0 Å². The Balaban J connectivity index is 2.05. The topological polar surface area (TPSA) is 65.0 Å². The Morgan fingerprint density at radius 2 is 1.96 bits per heavy atom. The van der Waals surface area contributed by atoms with Gasteiger partial charge in [0.15, 0.2) is 0 Å². The van der Waals surface area contributed by atoms with Crippen LogP contribution in [0.4, 0.5) is 0 Å².